The Morgan fingerprint density at radius 1 is 1.29 bits per heavy atom. The molecule has 1 aromatic carbocycles. The van der Waals surface area contributed by atoms with E-state index in [0.29, 0.717) is 6.54 Å². The first-order valence-electron chi connectivity index (χ1n) is 5.85. The Labute approximate surface area is 102 Å². The highest BCUT2D eigenvalue weighted by molar-refractivity contribution is 5.82. The van der Waals surface area contributed by atoms with Gasteiger partial charge in [0.2, 0.25) is 0 Å². The molecule has 0 amide bonds. The zero-order valence-electron chi connectivity index (χ0n) is 10.3. The topological polar surface area (TPSA) is 36.4 Å². The lowest BCUT2D eigenvalue weighted by Crippen LogP contribution is -2.21. The van der Waals surface area contributed by atoms with Crippen LogP contribution < -0.4 is 0 Å². The molecule has 1 aromatic heterocycles. The third-order valence-electron chi connectivity index (χ3n) is 2.85. The number of aromatic nitrogens is 1. The average molecular weight is 230 g/mol. The molecule has 0 unspecified atom stereocenters. The van der Waals surface area contributed by atoms with Crippen molar-refractivity contribution >= 4 is 10.9 Å². The minimum absolute atomic E-state index is 0.193. The smallest absolute Gasteiger partial charge is 0.0708 e. The molecule has 2 aromatic rings. The van der Waals surface area contributed by atoms with Gasteiger partial charge in [-0.05, 0) is 31.7 Å². The molecule has 90 valence electrons. The lowest BCUT2D eigenvalue weighted by Gasteiger charge is -2.16. The summed E-state index contributed by atoms with van der Waals surface area (Å²) in [6, 6.07) is 10.3. The van der Waals surface area contributed by atoms with Crippen molar-refractivity contribution in [1.29, 1.82) is 0 Å². The molecule has 3 heteroatoms. The molecule has 0 aliphatic heterocycles. The molecule has 2 rings (SSSR count). The van der Waals surface area contributed by atoms with E-state index >= 15 is 0 Å². The predicted molar refractivity (Wildman–Crippen MR) is 69.9 cm³/mol. The van der Waals surface area contributed by atoms with E-state index in [1.165, 1.54) is 10.9 Å². The lowest BCUT2D eigenvalue weighted by atomic mass is 10.1. The minimum atomic E-state index is 0.193. The van der Waals surface area contributed by atoms with Gasteiger partial charge in [0.05, 0.1) is 12.1 Å². The molecule has 3 nitrogen and oxygen atoms in total. The highest BCUT2D eigenvalue weighted by Crippen LogP contribution is 2.19. The third kappa shape index (κ3) is 2.81. The number of aliphatic hydroxyl groups excluding tert-OH is 1. The molecule has 0 saturated heterocycles. The van der Waals surface area contributed by atoms with Crippen LogP contribution in [0.15, 0.2) is 30.3 Å². The van der Waals surface area contributed by atoms with E-state index in [9.17, 15) is 0 Å². The van der Waals surface area contributed by atoms with Crippen molar-refractivity contribution in [2.75, 3.05) is 20.2 Å². The van der Waals surface area contributed by atoms with Crippen LogP contribution in [0.2, 0.25) is 0 Å². The number of likely N-dealkylation sites (N-methyl/N-ethyl adjacent to an activating group) is 1. The summed E-state index contributed by atoms with van der Waals surface area (Å²) in [6.45, 7) is 3.74. The summed E-state index contributed by atoms with van der Waals surface area (Å²) in [6.07, 6.45) is 0. The number of pyridine rings is 1. The fourth-order valence-corrected chi connectivity index (χ4v) is 2.07. The second-order valence-electron chi connectivity index (χ2n) is 4.40. The minimum Gasteiger partial charge on any atom is -0.395 e. The first kappa shape index (κ1) is 12.0. The van der Waals surface area contributed by atoms with E-state index < -0.39 is 0 Å². The van der Waals surface area contributed by atoms with Crippen LogP contribution in [0.1, 0.15) is 11.3 Å². The highest BCUT2D eigenvalue weighted by Gasteiger charge is 2.06. The Morgan fingerprint density at radius 3 is 2.82 bits per heavy atom. The first-order chi connectivity index (χ1) is 8.20. The van der Waals surface area contributed by atoms with Gasteiger partial charge in [-0.1, -0.05) is 18.2 Å². The van der Waals surface area contributed by atoms with Crippen LogP contribution in [-0.4, -0.2) is 35.2 Å². The summed E-state index contributed by atoms with van der Waals surface area (Å²) in [5.74, 6) is 0. The van der Waals surface area contributed by atoms with Crippen molar-refractivity contribution in [3.8, 4) is 0 Å². The fraction of sp³-hybridized carbons (Fsp3) is 0.357. The van der Waals surface area contributed by atoms with Gasteiger partial charge in [-0.15, -0.1) is 0 Å². The van der Waals surface area contributed by atoms with E-state index in [1.807, 2.05) is 32.2 Å². The molecule has 1 heterocycles. The van der Waals surface area contributed by atoms with Gasteiger partial charge in [0.15, 0.2) is 0 Å². The van der Waals surface area contributed by atoms with E-state index in [-0.39, 0.29) is 6.61 Å². The normalized spacial score (nSPS) is 11.3. The molecule has 0 bridgehead atoms. The summed E-state index contributed by atoms with van der Waals surface area (Å²) >= 11 is 0. The van der Waals surface area contributed by atoms with Gasteiger partial charge in [-0.2, -0.15) is 0 Å². The van der Waals surface area contributed by atoms with E-state index in [2.05, 4.69) is 22.0 Å². The standard InChI is InChI=1S/C14H18N2O/c1-11-9-12(10-16(2)7-8-17)13-5-3-4-6-14(13)15-11/h3-6,9,17H,7-8,10H2,1-2H3. The maximum atomic E-state index is 8.93. The summed E-state index contributed by atoms with van der Waals surface area (Å²) in [4.78, 5) is 6.63. The molecule has 0 atom stereocenters. The quantitative estimate of drug-likeness (QED) is 0.872. The Hall–Kier alpha value is -1.45. The number of fused-ring (bicyclic) bond motifs is 1. The van der Waals surface area contributed by atoms with Gasteiger partial charge in [0.25, 0.3) is 0 Å². The SMILES string of the molecule is Cc1cc(CN(C)CCO)c2ccccc2n1. The first-order valence-corrected chi connectivity index (χ1v) is 5.85. The number of benzene rings is 1. The number of nitrogens with zero attached hydrogens (tertiary/aromatic N) is 2. The molecule has 0 radical (unpaired) electrons. The molecule has 0 aliphatic rings. The Morgan fingerprint density at radius 2 is 2.06 bits per heavy atom. The molecular weight excluding hydrogens is 212 g/mol. The van der Waals surface area contributed by atoms with Crippen molar-refractivity contribution in [2.45, 2.75) is 13.5 Å². The van der Waals surface area contributed by atoms with Crippen molar-refractivity contribution in [3.63, 3.8) is 0 Å². The Balaban J connectivity index is 2.38. The maximum absolute atomic E-state index is 8.93. The molecule has 0 aliphatic carbocycles. The second-order valence-corrected chi connectivity index (χ2v) is 4.40. The Bertz CT molecular complexity index is 511. The monoisotopic (exact) mass is 230 g/mol. The summed E-state index contributed by atoms with van der Waals surface area (Å²) in [5, 5.41) is 10.1. The van der Waals surface area contributed by atoms with Gasteiger partial charge < -0.3 is 5.11 Å². The molecule has 0 saturated carbocycles. The van der Waals surface area contributed by atoms with Crippen molar-refractivity contribution in [1.82, 2.24) is 9.88 Å². The lowest BCUT2D eigenvalue weighted by molar-refractivity contribution is 0.217. The van der Waals surface area contributed by atoms with Crippen LogP contribution >= 0.6 is 0 Å². The van der Waals surface area contributed by atoms with E-state index in [0.717, 1.165) is 17.8 Å². The van der Waals surface area contributed by atoms with Gasteiger partial charge in [0.1, 0.15) is 0 Å². The summed E-state index contributed by atoms with van der Waals surface area (Å²) < 4.78 is 0. The van der Waals surface area contributed by atoms with Crippen LogP contribution in [0.4, 0.5) is 0 Å². The molecule has 1 N–H and O–H groups in total. The number of rotatable bonds is 4. The average Bonchev–Trinajstić information content (AvgIpc) is 2.29. The fourth-order valence-electron chi connectivity index (χ4n) is 2.07. The van der Waals surface area contributed by atoms with Gasteiger partial charge >= 0.3 is 0 Å². The molecule has 0 spiro atoms. The van der Waals surface area contributed by atoms with Crippen LogP contribution in [0.3, 0.4) is 0 Å². The zero-order chi connectivity index (χ0) is 12.3. The molecule has 0 fully saturated rings. The Kier molecular flexibility index (Phi) is 3.71. The maximum Gasteiger partial charge on any atom is 0.0708 e. The number of hydrogen-bond acceptors (Lipinski definition) is 3. The van der Waals surface area contributed by atoms with Crippen molar-refractivity contribution in [3.05, 3.63) is 41.6 Å². The highest BCUT2D eigenvalue weighted by atomic mass is 16.3. The van der Waals surface area contributed by atoms with Gasteiger partial charge in [-0.3, -0.25) is 9.88 Å². The van der Waals surface area contributed by atoms with Gasteiger partial charge in [0, 0.05) is 24.2 Å². The van der Waals surface area contributed by atoms with Crippen LogP contribution in [-0.2, 0) is 6.54 Å². The number of aliphatic hydroxyl groups is 1. The van der Waals surface area contributed by atoms with Crippen molar-refractivity contribution in [2.24, 2.45) is 0 Å². The largest absolute Gasteiger partial charge is 0.395 e. The molecular formula is C14H18N2O. The third-order valence-corrected chi connectivity index (χ3v) is 2.85. The van der Waals surface area contributed by atoms with Gasteiger partial charge in [-0.25, -0.2) is 0 Å². The predicted octanol–water partition coefficient (Wildman–Crippen LogP) is 1.97. The second kappa shape index (κ2) is 5.25. The zero-order valence-corrected chi connectivity index (χ0v) is 10.3. The molecule has 17 heavy (non-hydrogen) atoms. The van der Waals surface area contributed by atoms with Crippen LogP contribution in [0.25, 0.3) is 10.9 Å². The van der Waals surface area contributed by atoms with E-state index in [1.54, 1.807) is 0 Å². The van der Waals surface area contributed by atoms with Crippen molar-refractivity contribution < 1.29 is 5.11 Å². The number of hydrogen-bond donors (Lipinski definition) is 1. The summed E-state index contributed by atoms with van der Waals surface area (Å²) in [7, 11) is 2.01. The van der Waals surface area contributed by atoms with E-state index in [4.69, 9.17) is 5.11 Å². The van der Waals surface area contributed by atoms with Crippen LogP contribution in [0.5, 0.6) is 0 Å². The number of para-hydroxylation sites is 1. The van der Waals surface area contributed by atoms with Crippen LogP contribution in [0, 0.1) is 6.92 Å². The number of aryl methyl sites for hydroxylation is 1. The summed E-state index contributed by atoms with van der Waals surface area (Å²) in [5.41, 5.74) is 3.35.